The lowest BCUT2D eigenvalue weighted by atomic mass is 9.90. The molecule has 1 aliphatic carbocycles. The van der Waals surface area contributed by atoms with Crippen molar-refractivity contribution in [1.29, 1.82) is 0 Å². The van der Waals surface area contributed by atoms with Gasteiger partial charge in [-0.25, -0.2) is 0 Å². The van der Waals surface area contributed by atoms with Crippen LogP contribution >= 0.6 is 0 Å². The third kappa shape index (κ3) is 1.79. The normalized spacial score (nSPS) is 19.2. The summed E-state index contributed by atoms with van der Waals surface area (Å²) in [5.41, 5.74) is 4.98. The summed E-state index contributed by atoms with van der Waals surface area (Å²) in [4.78, 5) is 20.4. The summed E-state index contributed by atoms with van der Waals surface area (Å²) in [5.74, 6) is -0.0545. The van der Waals surface area contributed by atoms with Crippen LogP contribution in [-0.4, -0.2) is 40.0 Å². The second-order valence-corrected chi connectivity index (χ2v) is 5.47. The van der Waals surface area contributed by atoms with Gasteiger partial charge in [-0.15, -0.1) is 0 Å². The van der Waals surface area contributed by atoms with Gasteiger partial charge in [-0.05, 0) is 31.2 Å². The number of carbonyl (C=O) groups is 1. The van der Waals surface area contributed by atoms with E-state index in [-0.39, 0.29) is 11.9 Å². The highest BCUT2D eigenvalue weighted by Crippen LogP contribution is 2.34. The van der Waals surface area contributed by atoms with Crippen LogP contribution in [0.1, 0.15) is 21.6 Å². The van der Waals surface area contributed by atoms with E-state index >= 15 is 0 Å². The van der Waals surface area contributed by atoms with Crippen molar-refractivity contribution in [3.63, 3.8) is 0 Å². The highest BCUT2D eigenvalue weighted by molar-refractivity contribution is 5.97. The number of hydrogen-bond donors (Lipinski definition) is 1. The Bertz CT molecular complexity index is 749. The Balaban J connectivity index is 1.84. The fourth-order valence-corrected chi connectivity index (χ4v) is 3.22. The van der Waals surface area contributed by atoms with Crippen molar-refractivity contribution in [2.75, 3.05) is 6.54 Å². The first-order valence-corrected chi connectivity index (χ1v) is 7.04. The van der Waals surface area contributed by atoms with Crippen molar-refractivity contribution in [1.82, 2.24) is 20.1 Å². The number of amides is 1. The Kier molecular flexibility index (Phi) is 2.63. The molecule has 1 amide bonds. The molecule has 106 valence electrons. The molecule has 0 bridgehead atoms. The lowest BCUT2D eigenvalue weighted by molar-refractivity contribution is 0.0897. The van der Waals surface area contributed by atoms with Crippen LogP contribution in [0.5, 0.6) is 0 Å². The maximum absolute atomic E-state index is 12.4. The zero-order valence-electron chi connectivity index (χ0n) is 11.5. The van der Waals surface area contributed by atoms with Crippen LogP contribution < -0.4 is 5.32 Å². The summed E-state index contributed by atoms with van der Waals surface area (Å²) in [6, 6.07) is 1.95. The van der Waals surface area contributed by atoms with E-state index in [0.717, 1.165) is 29.7 Å². The molecule has 1 N–H and O–H groups in total. The van der Waals surface area contributed by atoms with Crippen molar-refractivity contribution in [2.45, 2.75) is 25.4 Å². The van der Waals surface area contributed by atoms with E-state index in [1.165, 1.54) is 5.56 Å². The predicted octanol–water partition coefficient (Wildman–Crippen LogP) is 0.856. The van der Waals surface area contributed by atoms with Crippen LogP contribution in [0.25, 0.3) is 11.3 Å². The summed E-state index contributed by atoms with van der Waals surface area (Å²) in [6.45, 7) is 4.65. The molecule has 3 heterocycles. The van der Waals surface area contributed by atoms with Crippen LogP contribution in [0.15, 0.2) is 23.5 Å². The third-order valence-corrected chi connectivity index (χ3v) is 4.15. The maximum Gasteiger partial charge on any atom is 0.270 e. The van der Waals surface area contributed by atoms with Gasteiger partial charge in [0.05, 0.1) is 24.8 Å². The second-order valence-electron chi connectivity index (χ2n) is 5.47. The van der Waals surface area contributed by atoms with Crippen LogP contribution in [0.2, 0.25) is 0 Å². The van der Waals surface area contributed by atoms with Gasteiger partial charge in [-0.3, -0.25) is 19.5 Å². The highest BCUT2D eigenvalue weighted by atomic mass is 16.2. The predicted molar refractivity (Wildman–Crippen MR) is 78.5 cm³/mol. The number of nitrogens with zero attached hydrogens (tertiary/aromatic N) is 4. The lowest BCUT2D eigenvalue weighted by Gasteiger charge is -2.24. The molecule has 1 aliphatic heterocycles. The molecule has 0 fully saturated rings. The van der Waals surface area contributed by atoms with E-state index in [0.29, 0.717) is 18.8 Å². The number of pyridine rings is 1. The fraction of sp³-hybridized carbons (Fsp3) is 0.333. The molecule has 6 nitrogen and oxygen atoms in total. The Morgan fingerprint density at radius 2 is 2.38 bits per heavy atom. The molecule has 21 heavy (non-hydrogen) atoms. The molecule has 0 saturated heterocycles. The molecule has 0 aromatic carbocycles. The first-order valence-electron chi connectivity index (χ1n) is 7.04. The molecule has 0 radical (unpaired) electrons. The first kappa shape index (κ1) is 12.3. The van der Waals surface area contributed by atoms with E-state index < -0.39 is 0 Å². The standard InChI is InChI=1S/C15H15N5O/c1-16-7-10-8-20-14(15(21)18-10)12-3-2-9-6-17-5-4-11(9)13(12)19-20/h4-6,10H,1-3,7-8H2,(H,18,21). The van der Waals surface area contributed by atoms with Crippen molar-refractivity contribution >= 4 is 12.6 Å². The minimum atomic E-state index is -0.0545. The average Bonchev–Trinajstić information content (AvgIpc) is 2.87. The van der Waals surface area contributed by atoms with Crippen molar-refractivity contribution in [2.24, 2.45) is 4.99 Å². The quantitative estimate of drug-likeness (QED) is 0.830. The van der Waals surface area contributed by atoms with Gasteiger partial charge in [0.1, 0.15) is 5.69 Å². The third-order valence-electron chi connectivity index (χ3n) is 4.15. The molecule has 4 rings (SSSR count). The average molecular weight is 281 g/mol. The van der Waals surface area contributed by atoms with Gasteiger partial charge in [-0.1, -0.05) is 0 Å². The van der Waals surface area contributed by atoms with E-state index in [1.54, 1.807) is 6.20 Å². The summed E-state index contributed by atoms with van der Waals surface area (Å²) < 4.78 is 1.83. The molecule has 2 aromatic rings. The number of aliphatic imine (C=N–C) groups is 1. The van der Waals surface area contributed by atoms with Gasteiger partial charge in [0.2, 0.25) is 0 Å². The van der Waals surface area contributed by atoms with Crippen LogP contribution in [0.4, 0.5) is 0 Å². The van der Waals surface area contributed by atoms with Crippen molar-refractivity contribution in [3.05, 3.63) is 35.3 Å². The molecule has 2 aromatic heterocycles. The number of carbonyl (C=O) groups excluding carboxylic acids is 1. The minimum Gasteiger partial charge on any atom is -0.344 e. The number of hydrogen-bond acceptors (Lipinski definition) is 4. The Hall–Kier alpha value is -2.50. The van der Waals surface area contributed by atoms with Crippen LogP contribution in [0, 0.1) is 0 Å². The van der Waals surface area contributed by atoms with E-state index in [9.17, 15) is 4.79 Å². The SMILES string of the molecule is C=NCC1Cn2nc3c(c2C(=O)N1)CCc1cnccc1-3. The van der Waals surface area contributed by atoms with Crippen LogP contribution in [0.3, 0.4) is 0 Å². The van der Waals surface area contributed by atoms with Gasteiger partial charge < -0.3 is 5.32 Å². The molecule has 0 spiro atoms. The molecule has 1 atom stereocenters. The molecule has 6 heteroatoms. The van der Waals surface area contributed by atoms with E-state index in [2.05, 4.69) is 27.1 Å². The molecule has 0 saturated carbocycles. The molecule has 1 unspecified atom stereocenters. The number of rotatable bonds is 2. The molecule has 2 aliphatic rings. The molecular formula is C15H15N5O. The maximum atomic E-state index is 12.4. The highest BCUT2D eigenvalue weighted by Gasteiger charge is 2.32. The zero-order chi connectivity index (χ0) is 14.4. The summed E-state index contributed by atoms with van der Waals surface area (Å²) in [7, 11) is 0. The smallest absolute Gasteiger partial charge is 0.270 e. The van der Waals surface area contributed by atoms with E-state index in [4.69, 9.17) is 0 Å². The Morgan fingerprint density at radius 1 is 1.48 bits per heavy atom. The van der Waals surface area contributed by atoms with Gasteiger partial charge in [0.15, 0.2) is 0 Å². The zero-order valence-corrected chi connectivity index (χ0v) is 11.5. The van der Waals surface area contributed by atoms with Gasteiger partial charge in [0, 0.05) is 23.5 Å². The lowest BCUT2D eigenvalue weighted by Crippen LogP contribution is -2.46. The Labute approximate surface area is 121 Å². The topological polar surface area (TPSA) is 72.2 Å². The number of fused-ring (bicyclic) bond motifs is 5. The van der Waals surface area contributed by atoms with Gasteiger partial charge in [-0.2, -0.15) is 5.10 Å². The number of aryl methyl sites for hydroxylation is 1. The molecular weight excluding hydrogens is 266 g/mol. The van der Waals surface area contributed by atoms with Crippen LogP contribution in [-0.2, 0) is 19.4 Å². The summed E-state index contributed by atoms with van der Waals surface area (Å²) >= 11 is 0. The largest absolute Gasteiger partial charge is 0.344 e. The van der Waals surface area contributed by atoms with Gasteiger partial charge in [0.25, 0.3) is 5.91 Å². The number of nitrogens with one attached hydrogen (secondary N) is 1. The number of aromatic nitrogens is 3. The monoisotopic (exact) mass is 281 g/mol. The minimum absolute atomic E-state index is 0.0271. The first-order chi connectivity index (χ1) is 10.3. The van der Waals surface area contributed by atoms with Gasteiger partial charge >= 0.3 is 0 Å². The van der Waals surface area contributed by atoms with E-state index in [1.807, 2.05) is 16.9 Å². The Morgan fingerprint density at radius 3 is 3.24 bits per heavy atom. The van der Waals surface area contributed by atoms with Crippen molar-refractivity contribution < 1.29 is 4.79 Å². The summed E-state index contributed by atoms with van der Waals surface area (Å²) in [5, 5.41) is 7.67. The fourth-order valence-electron chi connectivity index (χ4n) is 3.22. The summed E-state index contributed by atoms with van der Waals surface area (Å²) in [6.07, 6.45) is 5.40. The second kappa shape index (κ2) is 4.51. The van der Waals surface area contributed by atoms with Crippen molar-refractivity contribution in [3.8, 4) is 11.3 Å².